The molecule has 0 aliphatic heterocycles. The minimum Gasteiger partial charge on any atom is -0.489 e. The number of nitrogens with one attached hydrogen (secondary N) is 1. The van der Waals surface area contributed by atoms with Crippen molar-refractivity contribution in [1.29, 1.82) is 0 Å². The molecule has 106 valence electrons. The Hall–Kier alpha value is -1.74. The lowest BCUT2D eigenvalue weighted by atomic mass is 10.1. The molecule has 1 aromatic heterocycles. The van der Waals surface area contributed by atoms with Gasteiger partial charge in [0.15, 0.2) is 0 Å². The number of aryl methyl sites for hydroxylation is 2. The van der Waals surface area contributed by atoms with Gasteiger partial charge in [-0.05, 0) is 55.1 Å². The van der Waals surface area contributed by atoms with Gasteiger partial charge in [0.25, 0.3) is 0 Å². The first-order valence-corrected chi connectivity index (χ1v) is 7.37. The molecule has 1 aliphatic carbocycles. The molecule has 0 saturated carbocycles. The van der Waals surface area contributed by atoms with Crippen LogP contribution < -0.4 is 10.1 Å². The van der Waals surface area contributed by atoms with E-state index >= 15 is 0 Å². The largest absolute Gasteiger partial charge is 0.489 e. The highest BCUT2D eigenvalue weighted by Gasteiger charge is 2.12. The first-order valence-electron chi connectivity index (χ1n) is 7.37. The Labute approximate surface area is 119 Å². The van der Waals surface area contributed by atoms with Crippen molar-refractivity contribution < 1.29 is 9.15 Å². The third-order valence-corrected chi connectivity index (χ3v) is 3.84. The number of ether oxygens (including phenoxy) is 1. The van der Waals surface area contributed by atoms with Crippen LogP contribution in [0.2, 0.25) is 0 Å². The molecule has 1 aliphatic rings. The number of benzene rings is 1. The van der Waals surface area contributed by atoms with Gasteiger partial charge in [0.05, 0.1) is 12.8 Å². The fourth-order valence-electron chi connectivity index (χ4n) is 2.69. The molecule has 0 unspecified atom stereocenters. The first-order chi connectivity index (χ1) is 9.86. The predicted molar refractivity (Wildman–Crippen MR) is 78.9 cm³/mol. The molecular formula is C17H21NO2. The maximum atomic E-state index is 5.91. The second kappa shape index (κ2) is 6.14. The summed E-state index contributed by atoms with van der Waals surface area (Å²) in [5, 5.41) is 3.27. The Morgan fingerprint density at radius 2 is 2.10 bits per heavy atom. The fourth-order valence-corrected chi connectivity index (χ4v) is 2.69. The lowest BCUT2D eigenvalue weighted by Gasteiger charge is -2.08. The van der Waals surface area contributed by atoms with Crippen molar-refractivity contribution in [3.8, 4) is 5.75 Å². The van der Waals surface area contributed by atoms with Gasteiger partial charge in [-0.1, -0.05) is 13.0 Å². The molecule has 0 atom stereocenters. The molecular weight excluding hydrogens is 250 g/mol. The van der Waals surface area contributed by atoms with Crippen molar-refractivity contribution >= 4 is 0 Å². The van der Waals surface area contributed by atoms with E-state index in [1.165, 1.54) is 30.4 Å². The summed E-state index contributed by atoms with van der Waals surface area (Å²) < 4.78 is 11.4. The molecule has 20 heavy (non-hydrogen) atoms. The molecule has 1 N–H and O–H groups in total. The van der Waals surface area contributed by atoms with E-state index in [1.54, 1.807) is 6.26 Å². The van der Waals surface area contributed by atoms with Gasteiger partial charge in [-0.25, -0.2) is 0 Å². The van der Waals surface area contributed by atoms with Gasteiger partial charge in [-0.3, -0.25) is 0 Å². The van der Waals surface area contributed by atoms with Crippen LogP contribution in [-0.4, -0.2) is 6.54 Å². The van der Waals surface area contributed by atoms with E-state index < -0.39 is 0 Å². The maximum Gasteiger partial charge on any atom is 0.124 e. The van der Waals surface area contributed by atoms with Crippen LogP contribution in [0.1, 0.15) is 35.8 Å². The van der Waals surface area contributed by atoms with Crippen molar-refractivity contribution in [2.24, 2.45) is 0 Å². The third-order valence-electron chi connectivity index (χ3n) is 3.84. The van der Waals surface area contributed by atoms with Crippen molar-refractivity contribution in [2.75, 3.05) is 6.54 Å². The lowest BCUT2D eigenvalue weighted by Crippen LogP contribution is -2.12. The standard InChI is InChI=1S/C17H21NO2/c1-2-18-11-17-15(8-9-19-17)12-20-16-7-6-13-4-3-5-14(13)10-16/h6-10,18H,2-5,11-12H2,1H3. The number of furan rings is 1. The van der Waals surface area contributed by atoms with Crippen molar-refractivity contribution in [3.05, 3.63) is 53.0 Å². The zero-order valence-corrected chi connectivity index (χ0v) is 11.9. The zero-order valence-electron chi connectivity index (χ0n) is 11.9. The van der Waals surface area contributed by atoms with Crippen molar-refractivity contribution in [1.82, 2.24) is 5.32 Å². The van der Waals surface area contributed by atoms with Gasteiger partial charge in [0.1, 0.15) is 18.1 Å². The average molecular weight is 271 g/mol. The molecule has 0 saturated heterocycles. The van der Waals surface area contributed by atoms with Crippen LogP contribution in [0, 0.1) is 0 Å². The fraction of sp³-hybridized carbons (Fsp3) is 0.412. The molecule has 3 rings (SSSR count). The molecule has 3 heteroatoms. The summed E-state index contributed by atoms with van der Waals surface area (Å²) in [5.41, 5.74) is 4.04. The molecule has 0 spiro atoms. The topological polar surface area (TPSA) is 34.4 Å². The van der Waals surface area contributed by atoms with E-state index in [-0.39, 0.29) is 0 Å². The van der Waals surface area contributed by atoms with E-state index in [2.05, 4.69) is 30.4 Å². The van der Waals surface area contributed by atoms with Gasteiger partial charge in [0, 0.05) is 5.56 Å². The van der Waals surface area contributed by atoms with Crippen LogP contribution in [0.15, 0.2) is 34.9 Å². The average Bonchev–Trinajstić information content (AvgIpc) is 3.11. The van der Waals surface area contributed by atoms with Gasteiger partial charge in [-0.2, -0.15) is 0 Å². The summed E-state index contributed by atoms with van der Waals surface area (Å²) in [7, 11) is 0. The molecule has 1 aromatic carbocycles. The van der Waals surface area contributed by atoms with Crippen molar-refractivity contribution in [2.45, 2.75) is 39.3 Å². The second-order valence-electron chi connectivity index (χ2n) is 5.22. The number of rotatable bonds is 6. The molecule has 0 radical (unpaired) electrons. The lowest BCUT2D eigenvalue weighted by molar-refractivity contribution is 0.301. The second-order valence-corrected chi connectivity index (χ2v) is 5.22. The van der Waals surface area contributed by atoms with E-state index in [1.807, 2.05) is 6.07 Å². The summed E-state index contributed by atoms with van der Waals surface area (Å²) in [6.07, 6.45) is 5.40. The monoisotopic (exact) mass is 271 g/mol. The Morgan fingerprint density at radius 3 is 3.00 bits per heavy atom. The first kappa shape index (κ1) is 13.3. The normalized spacial score (nSPS) is 13.4. The van der Waals surface area contributed by atoms with Crippen LogP contribution in [0.4, 0.5) is 0 Å². The van der Waals surface area contributed by atoms with E-state index in [9.17, 15) is 0 Å². The smallest absolute Gasteiger partial charge is 0.124 e. The third kappa shape index (κ3) is 2.88. The Bertz CT molecular complexity index is 574. The summed E-state index contributed by atoms with van der Waals surface area (Å²) in [6.45, 7) is 4.35. The van der Waals surface area contributed by atoms with E-state index in [0.29, 0.717) is 6.61 Å². The summed E-state index contributed by atoms with van der Waals surface area (Å²) in [4.78, 5) is 0. The number of hydrogen-bond acceptors (Lipinski definition) is 3. The molecule has 0 bridgehead atoms. The highest BCUT2D eigenvalue weighted by Crippen LogP contribution is 2.26. The molecule has 3 nitrogen and oxygen atoms in total. The Kier molecular flexibility index (Phi) is 4.07. The molecule has 2 aromatic rings. The maximum absolute atomic E-state index is 5.91. The van der Waals surface area contributed by atoms with Gasteiger partial charge in [0.2, 0.25) is 0 Å². The summed E-state index contributed by atoms with van der Waals surface area (Å²) >= 11 is 0. The number of hydrogen-bond donors (Lipinski definition) is 1. The Morgan fingerprint density at radius 1 is 1.20 bits per heavy atom. The SMILES string of the molecule is CCNCc1occc1COc1ccc2c(c1)CCC2. The van der Waals surface area contributed by atoms with Crippen molar-refractivity contribution in [3.63, 3.8) is 0 Å². The number of fused-ring (bicyclic) bond motifs is 1. The molecule has 1 heterocycles. The minimum atomic E-state index is 0.565. The van der Waals surface area contributed by atoms with E-state index in [0.717, 1.165) is 30.2 Å². The van der Waals surface area contributed by atoms with Crippen LogP contribution in [0.3, 0.4) is 0 Å². The summed E-state index contributed by atoms with van der Waals surface area (Å²) in [5.74, 6) is 1.93. The van der Waals surface area contributed by atoms with Gasteiger partial charge >= 0.3 is 0 Å². The zero-order chi connectivity index (χ0) is 13.8. The van der Waals surface area contributed by atoms with Gasteiger partial charge in [-0.15, -0.1) is 0 Å². The molecule has 0 amide bonds. The predicted octanol–water partition coefficient (Wildman–Crippen LogP) is 3.46. The minimum absolute atomic E-state index is 0.565. The highest BCUT2D eigenvalue weighted by atomic mass is 16.5. The van der Waals surface area contributed by atoms with Crippen LogP contribution in [0.25, 0.3) is 0 Å². The van der Waals surface area contributed by atoms with Crippen LogP contribution in [0.5, 0.6) is 5.75 Å². The molecule has 0 fully saturated rings. The van der Waals surface area contributed by atoms with Crippen LogP contribution in [-0.2, 0) is 26.0 Å². The Balaban J connectivity index is 1.63. The van der Waals surface area contributed by atoms with Crippen LogP contribution >= 0.6 is 0 Å². The van der Waals surface area contributed by atoms with Gasteiger partial charge < -0.3 is 14.5 Å². The highest BCUT2D eigenvalue weighted by molar-refractivity contribution is 5.38. The quantitative estimate of drug-likeness (QED) is 0.873. The van der Waals surface area contributed by atoms with E-state index in [4.69, 9.17) is 9.15 Å². The summed E-state index contributed by atoms with van der Waals surface area (Å²) in [6, 6.07) is 8.45.